The van der Waals surface area contributed by atoms with E-state index in [1.54, 1.807) is 0 Å². The summed E-state index contributed by atoms with van der Waals surface area (Å²) in [6.45, 7) is 8.23. The van der Waals surface area contributed by atoms with Crippen LogP contribution in [0.15, 0.2) is 36.4 Å². The number of non-ortho nitro benzene ring substituents is 1. The summed E-state index contributed by atoms with van der Waals surface area (Å²) in [5.41, 5.74) is 2.67. The van der Waals surface area contributed by atoms with Crippen LogP contribution in [-0.2, 0) is 0 Å². The first-order valence-corrected chi connectivity index (χ1v) is 10.8. The zero-order chi connectivity index (χ0) is 24.1. The number of anilines is 2. The molecule has 1 aliphatic heterocycles. The lowest BCUT2D eigenvalue weighted by Gasteiger charge is -2.22. The van der Waals surface area contributed by atoms with Gasteiger partial charge in [-0.1, -0.05) is 0 Å². The van der Waals surface area contributed by atoms with Crippen LogP contribution in [0.2, 0.25) is 0 Å². The van der Waals surface area contributed by atoms with Crippen LogP contribution in [0.3, 0.4) is 0 Å². The molecule has 4 amide bonds. The number of benzene rings is 2. The minimum Gasteiger partial charge on any atom is -0.372 e. The molecule has 0 radical (unpaired) electrons. The molecule has 1 aliphatic rings. The van der Waals surface area contributed by atoms with E-state index in [2.05, 4.69) is 29.4 Å². The van der Waals surface area contributed by atoms with E-state index >= 15 is 0 Å². The molecule has 3 rings (SSSR count). The quantitative estimate of drug-likeness (QED) is 0.259. The lowest BCUT2D eigenvalue weighted by molar-refractivity contribution is -0.384. The van der Waals surface area contributed by atoms with Gasteiger partial charge in [-0.2, -0.15) is 0 Å². The highest BCUT2D eigenvalue weighted by Crippen LogP contribution is 2.27. The standard InChI is InChI=1S/C23H27N5O5/c1-4-26(5-2)16-8-10-20(15(3)13-16)25-23(31)24-11-6-12-27-21(29)18-9-7-17(28(32)33)14-19(18)22(27)30/h7-10,13-14H,4-6,11-12H2,1-3H3,(H2,24,25,31). The number of nitrogens with one attached hydrogen (secondary N) is 2. The minimum atomic E-state index is -0.609. The van der Waals surface area contributed by atoms with Crippen molar-refractivity contribution in [2.45, 2.75) is 27.2 Å². The number of urea groups is 1. The molecule has 10 heteroatoms. The summed E-state index contributed by atoms with van der Waals surface area (Å²) in [7, 11) is 0. The van der Waals surface area contributed by atoms with Gasteiger partial charge in [0.25, 0.3) is 17.5 Å². The summed E-state index contributed by atoms with van der Waals surface area (Å²) in [5, 5.41) is 16.4. The lowest BCUT2D eigenvalue weighted by atomic mass is 10.1. The fraction of sp³-hybridized carbons (Fsp3) is 0.348. The van der Waals surface area contributed by atoms with Gasteiger partial charge in [0, 0.05) is 49.7 Å². The number of nitro benzene ring substituents is 1. The average molecular weight is 453 g/mol. The van der Waals surface area contributed by atoms with E-state index in [4.69, 9.17) is 0 Å². The van der Waals surface area contributed by atoms with E-state index in [1.807, 2.05) is 25.1 Å². The van der Waals surface area contributed by atoms with E-state index in [0.29, 0.717) is 12.1 Å². The molecular formula is C23H27N5O5. The Bertz CT molecular complexity index is 1100. The third-order valence-corrected chi connectivity index (χ3v) is 5.60. The number of rotatable bonds is 9. The van der Waals surface area contributed by atoms with Crippen molar-refractivity contribution in [3.63, 3.8) is 0 Å². The number of nitrogens with zero attached hydrogens (tertiary/aromatic N) is 3. The molecule has 0 atom stereocenters. The highest BCUT2D eigenvalue weighted by Gasteiger charge is 2.36. The van der Waals surface area contributed by atoms with E-state index in [9.17, 15) is 24.5 Å². The van der Waals surface area contributed by atoms with Crippen LogP contribution >= 0.6 is 0 Å². The van der Waals surface area contributed by atoms with Crippen LogP contribution in [0.1, 0.15) is 46.5 Å². The summed E-state index contributed by atoms with van der Waals surface area (Å²) >= 11 is 0. The van der Waals surface area contributed by atoms with Crippen molar-refractivity contribution < 1.29 is 19.3 Å². The largest absolute Gasteiger partial charge is 0.372 e. The second-order valence-electron chi connectivity index (χ2n) is 7.65. The Morgan fingerprint density at radius 2 is 1.76 bits per heavy atom. The molecule has 2 aromatic rings. The van der Waals surface area contributed by atoms with Crippen molar-refractivity contribution in [1.29, 1.82) is 0 Å². The Balaban J connectivity index is 1.50. The number of hydrogen-bond donors (Lipinski definition) is 2. The maximum absolute atomic E-state index is 12.5. The monoisotopic (exact) mass is 453 g/mol. The third-order valence-electron chi connectivity index (χ3n) is 5.60. The zero-order valence-electron chi connectivity index (χ0n) is 18.9. The van der Waals surface area contributed by atoms with Crippen molar-refractivity contribution in [3.05, 3.63) is 63.2 Å². The number of carbonyl (C=O) groups excluding carboxylic acids is 3. The van der Waals surface area contributed by atoms with Gasteiger partial charge in [0.05, 0.1) is 16.1 Å². The van der Waals surface area contributed by atoms with Gasteiger partial charge < -0.3 is 15.5 Å². The number of amides is 4. The van der Waals surface area contributed by atoms with Gasteiger partial charge in [0.1, 0.15) is 0 Å². The molecule has 0 saturated heterocycles. The third kappa shape index (κ3) is 5.11. The molecule has 0 aromatic heterocycles. The summed E-state index contributed by atoms with van der Waals surface area (Å²) in [6.07, 6.45) is 0.348. The Hall–Kier alpha value is -3.95. The van der Waals surface area contributed by atoms with Crippen LogP contribution < -0.4 is 15.5 Å². The van der Waals surface area contributed by atoms with E-state index in [-0.39, 0.29) is 35.9 Å². The van der Waals surface area contributed by atoms with Crippen molar-refractivity contribution in [2.75, 3.05) is 36.4 Å². The number of aryl methyl sites for hydroxylation is 1. The molecule has 2 aromatic carbocycles. The van der Waals surface area contributed by atoms with Gasteiger partial charge in [-0.15, -0.1) is 0 Å². The van der Waals surface area contributed by atoms with Gasteiger partial charge in [-0.05, 0) is 57.0 Å². The van der Waals surface area contributed by atoms with Crippen LogP contribution in [0.5, 0.6) is 0 Å². The minimum absolute atomic E-state index is 0.0311. The second kappa shape index (κ2) is 10.1. The van der Waals surface area contributed by atoms with E-state index in [0.717, 1.165) is 35.3 Å². The van der Waals surface area contributed by atoms with E-state index < -0.39 is 16.7 Å². The highest BCUT2D eigenvalue weighted by atomic mass is 16.6. The van der Waals surface area contributed by atoms with Crippen molar-refractivity contribution in [2.24, 2.45) is 0 Å². The number of fused-ring (bicyclic) bond motifs is 1. The fourth-order valence-electron chi connectivity index (χ4n) is 3.77. The molecule has 10 nitrogen and oxygen atoms in total. The Labute approximate surface area is 191 Å². The summed E-state index contributed by atoms with van der Waals surface area (Å²) in [4.78, 5) is 50.8. The summed E-state index contributed by atoms with van der Waals surface area (Å²) in [5.74, 6) is -1.05. The van der Waals surface area contributed by atoms with Crippen molar-refractivity contribution in [3.8, 4) is 0 Å². The lowest BCUT2D eigenvalue weighted by Crippen LogP contribution is -2.35. The molecule has 174 valence electrons. The van der Waals surface area contributed by atoms with E-state index in [1.165, 1.54) is 12.1 Å². The normalized spacial score (nSPS) is 12.5. The summed E-state index contributed by atoms with van der Waals surface area (Å²) in [6, 6.07) is 9.09. The van der Waals surface area contributed by atoms with Gasteiger partial charge in [0.15, 0.2) is 0 Å². The molecule has 33 heavy (non-hydrogen) atoms. The zero-order valence-corrected chi connectivity index (χ0v) is 18.9. The van der Waals surface area contributed by atoms with Crippen molar-refractivity contribution >= 4 is 34.9 Å². The molecule has 2 N–H and O–H groups in total. The molecule has 0 bridgehead atoms. The first kappa shape index (κ1) is 23.7. The van der Waals surface area contributed by atoms with Crippen LogP contribution in [0.25, 0.3) is 0 Å². The first-order chi connectivity index (χ1) is 15.8. The maximum Gasteiger partial charge on any atom is 0.319 e. The van der Waals surface area contributed by atoms with Gasteiger partial charge >= 0.3 is 6.03 Å². The topological polar surface area (TPSA) is 125 Å². The fourth-order valence-corrected chi connectivity index (χ4v) is 3.77. The Kier molecular flexibility index (Phi) is 7.27. The molecule has 0 aliphatic carbocycles. The molecule has 0 unspecified atom stereocenters. The summed E-state index contributed by atoms with van der Waals surface area (Å²) < 4.78 is 0. The molecule has 1 heterocycles. The highest BCUT2D eigenvalue weighted by molar-refractivity contribution is 6.21. The average Bonchev–Trinajstić information content (AvgIpc) is 3.03. The number of carbonyl (C=O) groups is 3. The van der Waals surface area contributed by atoms with Crippen LogP contribution in [0, 0.1) is 17.0 Å². The molecule has 0 saturated carbocycles. The predicted octanol–water partition coefficient (Wildman–Crippen LogP) is 3.56. The van der Waals surface area contributed by atoms with Gasteiger partial charge in [-0.25, -0.2) is 4.79 Å². The predicted molar refractivity (Wildman–Crippen MR) is 125 cm³/mol. The number of nitro groups is 1. The smallest absolute Gasteiger partial charge is 0.319 e. The van der Waals surface area contributed by atoms with Gasteiger partial charge in [-0.3, -0.25) is 24.6 Å². The molecule has 0 spiro atoms. The number of hydrogen-bond acceptors (Lipinski definition) is 6. The molecule has 0 fully saturated rings. The SMILES string of the molecule is CCN(CC)c1ccc(NC(=O)NCCCN2C(=O)c3ccc([N+](=O)[O-])cc3C2=O)c(C)c1. The van der Waals surface area contributed by atoms with Crippen LogP contribution in [0.4, 0.5) is 21.9 Å². The molecular weight excluding hydrogens is 426 g/mol. The van der Waals surface area contributed by atoms with Crippen molar-refractivity contribution in [1.82, 2.24) is 10.2 Å². The van der Waals surface area contributed by atoms with Crippen LogP contribution in [-0.4, -0.2) is 53.8 Å². The van der Waals surface area contributed by atoms with Gasteiger partial charge in [0.2, 0.25) is 0 Å². The second-order valence-corrected chi connectivity index (χ2v) is 7.65. The Morgan fingerprint density at radius 3 is 2.39 bits per heavy atom. The Morgan fingerprint density at radius 1 is 1.06 bits per heavy atom. The maximum atomic E-state index is 12.5. The first-order valence-electron chi connectivity index (χ1n) is 10.8. The number of imide groups is 1.